The number of esters is 1. The molecule has 4 aromatic rings. The van der Waals surface area contributed by atoms with Crippen LogP contribution in [0.5, 0.6) is 0 Å². The normalized spacial score (nSPS) is 11.0. The summed E-state index contributed by atoms with van der Waals surface area (Å²) in [6.07, 6.45) is 0. The Balaban J connectivity index is 1.45. The average Bonchev–Trinajstić information content (AvgIpc) is 3.27. The van der Waals surface area contributed by atoms with E-state index in [0.29, 0.717) is 11.2 Å². The molecule has 6 nitrogen and oxygen atoms in total. The van der Waals surface area contributed by atoms with Crippen molar-refractivity contribution in [1.29, 1.82) is 0 Å². The van der Waals surface area contributed by atoms with Gasteiger partial charge in [-0.3, -0.25) is 13.9 Å². The van der Waals surface area contributed by atoms with Crippen LogP contribution in [0, 0.1) is 0 Å². The van der Waals surface area contributed by atoms with Crippen LogP contribution < -0.4 is 5.69 Å². The standard InChI is InChI=1S/C20H17N3O3S/c1-22-16-9-5-6-10-17(16)23(20(22)25)11-18(24)26-12-15-13-27-19(21-15)14-7-3-2-4-8-14/h2-10,13H,11-12H2,1H3. The number of hydrogen-bond acceptors (Lipinski definition) is 5. The maximum Gasteiger partial charge on any atom is 0.329 e. The summed E-state index contributed by atoms with van der Waals surface area (Å²) in [5.74, 6) is -0.470. The van der Waals surface area contributed by atoms with Gasteiger partial charge in [-0.15, -0.1) is 11.3 Å². The quantitative estimate of drug-likeness (QED) is 0.500. The molecule has 0 spiro atoms. The van der Waals surface area contributed by atoms with E-state index in [-0.39, 0.29) is 18.8 Å². The molecule has 2 aromatic carbocycles. The van der Waals surface area contributed by atoms with Crippen LogP contribution in [0.3, 0.4) is 0 Å². The van der Waals surface area contributed by atoms with Crippen molar-refractivity contribution in [3.63, 3.8) is 0 Å². The van der Waals surface area contributed by atoms with Crippen LogP contribution in [-0.2, 0) is 29.7 Å². The highest BCUT2D eigenvalue weighted by atomic mass is 32.1. The van der Waals surface area contributed by atoms with E-state index in [4.69, 9.17) is 4.74 Å². The third kappa shape index (κ3) is 3.41. The number of para-hydroxylation sites is 2. The van der Waals surface area contributed by atoms with E-state index >= 15 is 0 Å². The molecule has 0 fully saturated rings. The Kier molecular flexibility index (Phi) is 4.60. The first-order valence-electron chi connectivity index (χ1n) is 8.43. The summed E-state index contributed by atoms with van der Waals surface area (Å²) in [6.45, 7) is -0.0441. The van der Waals surface area contributed by atoms with Gasteiger partial charge < -0.3 is 4.74 Å². The molecule has 4 rings (SSSR count). The summed E-state index contributed by atoms with van der Waals surface area (Å²) in [7, 11) is 1.69. The SMILES string of the molecule is Cn1c(=O)n(CC(=O)OCc2csc(-c3ccccc3)n2)c2ccccc21. The van der Waals surface area contributed by atoms with Crippen molar-refractivity contribution in [1.82, 2.24) is 14.1 Å². The average molecular weight is 379 g/mol. The smallest absolute Gasteiger partial charge is 0.329 e. The lowest BCUT2D eigenvalue weighted by molar-refractivity contribution is -0.145. The van der Waals surface area contributed by atoms with E-state index < -0.39 is 5.97 Å². The highest BCUT2D eigenvalue weighted by Gasteiger charge is 2.14. The molecule has 0 unspecified atom stereocenters. The molecule has 2 aromatic heterocycles. The molecule has 0 saturated heterocycles. The number of carbonyl (C=O) groups is 1. The number of aryl methyl sites for hydroxylation is 1. The fourth-order valence-corrected chi connectivity index (χ4v) is 3.74. The van der Waals surface area contributed by atoms with E-state index in [2.05, 4.69) is 4.98 Å². The number of thiazole rings is 1. The largest absolute Gasteiger partial charge is 0.458 e. The molecular weight excluding hydrogens is 362 g/mol. The molecule has 0 aliphatic rings. The van der Waals surface area contributed by atoms with Crippen LogP contribution >= 0.6 is 11.3 Å². The molecule has 0 N–H and O–H groups in total. The van der Waals surface area contributed by atoms with Gasteiger partial charge in [0.15, 0.2) is 0 Å². The number of imidazole rings is 1. The Morgan fingerprint density at radius 2 is 1.78 bits per heavy atom. The number of fused-ring (bicyclic) bond motifs is 1. The van der Waals surface area contributed by atoms with Crippen LogP contribution in [0.4, 0.5) is 0 Å². The summed E-state index contributed by atoms with van der Waals surface area (Å²) < 4.78 is 8.28. The van der Waals surface area contributed by atoms with E-state index in [1.165, 1.54) is 20.5 Å². The predicted octanol–water partition coefficient (Wildman–Crippen LogP) is 3.21. The van der Waals surface area contributed by atoms with Crippen molar-refractivity contribution in [2.75, 3.05) is 0 Å². The zero-order valence-electron chi connectivity index (χ0n) is 14.7. The predicted molar refractivity (Wildman–Crippen MR) is 105 cm³/mol. The van der Waals surface area contributed by atoms with Gasteiger partial charge >= 0.3 is 11.7 Å². The van der Waals surface area contributed by atoms with Crippen molar-refractivity contribution < 1.29 is 9.53 Å². The second-order valence-electron chi connectivity index (χ2n) is 6.09. The maximum absolute atomic E-state index is 12.4. The fourth-order valence-electron chi connectivity index (χ4n) is 2.93. The number of rotatable bonds is 5. The highest BCUT2D eigenvalue weighted by Crippen LogP contribution is 2.23. The topological polar surface area (TPSA) is 66.1 Å². The van der Waals surface area contributed by atoms with Gasteiger partial charge in [0.1, 0.15) is 18.2 Å². The van der Waals surface area contributed by atoms with Gasteiger partial charge in [0.25, 0.3) is 0 Å². The molecule has 0 atom stereocenters. The van der Waals surface area contributed by atoms with E-state index in [0.717, 1.165) is 16.1 Å². The summed E-state index contributed by atoms with van der Waals surface area (Å²) in [4.78, 5) is 29.1. The lowest BCUT2D eigenvalue weighted by Crippen LogP contribution is -2.26. The van der Waals surface area contributed by atoms with Crippen molar-refractivity contribution in [2.45, 2.75) is 13.2 Å². The number of carbonyl (C=O) groups excluding carboxylic acids is 1. The van der Waals surface area contributed by atoms with Crippen molar-refractivity contribution in [3.8, 4) is 10.6 Å². The van der Waals surface area contributed by atoms with Crippen LogP contribution in [0.2, 0.25) is 0 Å². The molecule has 0 bridgehead atoms. The van der Waals surface area contributed by atoms with Gasteiger partial charge in [0.2, 0.25) is 0 Å². The number of ether oxygens (including phenoxy) is 1. The molecule has 2 heterocycles. The second-order valence-corrected chi connectivity index (χ2v) is 6.95. The zero-order chi connectivity index (χ0) is 18.8. The number of benzene rings is 2. The zero-order valence-corrected chi connectivity index (χ0v) is 15.5. The Bertz CT molecular complexity index is 1160. The van der Waals surface area contributed by atoms with Crippen molar-refractivity contribution >= 4 is 28.3 Å². The number of hydrogen-bond donors (Lipinski definition) is 0. The monoisotopic (exact) mass is 379 g/mol. The molecule has 0 aliphatic heterocycles. The summed E-state index contributed by atoms with van der Waals surface area (Å²) in [6, 6.07) is 17.2. The summed E-state index contributed by atoms with van der Waals surface area (Å²) in [5, 5.41) is 2.76. The highest BCUT2D eigenvalue weighted by molar-refractivity contribution is 7.13. The molecule has 27 heavy (non-hydrogen) atoms. The van der Waals surface area contributed by atoms with Gasteiger partial charge in [-0.05, 0) is 12.1 Å². The summed E-state index contributed by atoms with van der Waals surface area (Å²) in [5.41, 5.74) is 2.97. The molecular formula is C20H17N3O3S. The van der Waals surface area contributed by atoms with Gasteiger partial charge in [-0.25, -0.2) is 9.78 Å². The molecule has 0 aliphatic carbocycles. The van der Waals surface area contributed by atoms with E-state index in [1.54, 1.807) is 7.05 Å². The number of nitrogens with zero attached hydrogens (tertiary/aromatic N) is 3. The molecule has 0 amide bonds. The van der Waals surface area contributed by atoms with Crippen LogP contribution in [-0.4, -0.2) is 20.1 Å². The van der Waals surface area contributed by atoms with Crippen LogP contribution in [0.25, 0.3) is 21.6 Å². The molecule has 136 valence electrons. The Labute approximate surface area is 159 Å². The van der Waals surface area contributed by atoms with Crippen LogP contribution in [0.15, 0.2) is 64.8 Å². The van der Waals surface area contributed by atoms with Gasteiger partial charge in [-0.2, -0.15) is 0 Å². The third-order valence-electron chi connectivity index (χ3n) is 4.29. The van der Waals surface area contributed by atoms with Crippen LogP contribution in [0.1, 0.15) is 5.69 Å². The van der Waals surface area contributed by atoms with Gasteiger partial charge in [-0.1, -0.05) is 42.5 Å². The minimum absolute atomic E-state index is 0.0850. The minimum atomic E-state index is -0.470. The van der Waals surface area contributed by atoms with E-state index in [9.17, 15) is 9.59 Å². The fraction of sp³-hybridized carbons (Fsp3) is 0.150. The second kappa shape index (κ2) is 7.20. The lowest BCUT2D eigenvalue weighted by atomic mass is 10.2. The van der Waals surface area contributed by atoms with Crippen molar-refractivity contribution in [2.24, 2.45) is 7.05 Å². The third-order valence-corrected chi connectivity index (χ3v) is 5.23. The Morgan fingerprint density at radius 3 is 2.56 bits per heavy atom. The minimum Gasteiger partial charge on any atom is -0.458 e. The molecule has 0 radical (unpaired) electrons. The lowest BCUT2D eigenvalue weighted by Gasteiger charge is -2.04. The first kappa shape index (κ1) is 17.2. The van der Waals surface area contributed by atoms with E-state index in [1.807, 2.05) is 60.0 Å². The molecule has 0 saturated carbocycles. The van der Waals surface area contributed by atoms with Gasteiger partial charge in [0.05, 0.1) is 16.7 Å². The first-order chi connectivity index (χ1) is 13.1. The Morgan fingerprint density at radius 1 is 1.07 bits per heavy atom. The first-order valence-corrected chi connectivity index (χ1v) is 9.31. The molecule has 7 heteroatoms. The summed E-state index contributed by atoms with van der Waals surface area (Å²) >= 11 is 1.50. The Hall–Kier alpha value is -3.19. The van der Waals surface area contributed by atoms with Crippen molar-refractivity contribution in [3.05, 3.63) is 76.2 Å². The van der Waals surface area contributed by atoms with Gasteiger partial charge in [0, 0.05) is 18.0 Å². The number of aromatic nitrogens is 3. The maximum atomic E-state index is 12.4.